The van der Waals surface area contributed by atoms with Crippen LogP contribution in [0.5, 0.6) is 0 Å². The Balaban J connectivity index is 5.38. The van der Waals surface area contributed by atoms with Gasteiger partial charge in [0.2, 0.25) is 0 Å². The van der Waals surface area contributed by atoms with Gasteiger partial charge in [-0.05, 0) is 109 Å². The molecule has 0 aromatic rings. The Morgan fingerprint density at radius 1 is 0.309 bits per heavy atom. The van der Waals surface area contributed by atoms with Crippen LogP contribution in [0.15, 0.2) is 109 Å². The Kier molecular flexibility index (Phi) is 64.2. The van der Waals surface area contributed by atoms with Crippen molar-refractivity contribution in [2.75, 3.05) is 39.6 Å². The lowest BCUT2D eigenvalue weighted by atomic mass is 10.1. The van der Waals surface area contributed by atoms with E-state index in [0.29, 0.717) is 32.1 Å². The molecule has 0 saturated carbocycles. The van der Waals surface area contributed by atoms with Gasteiger partial charge < -0.3 is 33.8 Å². The number of rotatable bonds is 67. The summed E-state index contributed by atoms with van der Waals surface area (Å²) < 4.78 is 68.1. The number of phosphoric ester groups is 2. The molecule has 0 aliphatic heterocycles. The van der Waals surface area contributed by atoms with Crippen LogP contribution in [0, 0.1) is 0 Å². The maximum atomic E-state index is 13.0. The van der Waals surface area contributed by atoms with Crippen molar-refractivity contribution in [1.82, 2.24) is 0 Å². The van der Waals surface area contributed by atoms with Crippen molar-refractivity contribution < 1.29 is 80.2 Å². The molecule has 0 aromatic carbocycles. The standard InChI is InChI=1S/C75H128O17P2/c1-5-9-13-17-21-25-29-31-32-33-34-35-36-38-41-44-48-52-56-60-73(78)86-66-71(92-75(80)62-58-54-50-46-42-37-30-26-22-18-14-10-6-2)68-90-94(83,84)88-64-69(76)63-87-93(81,82)89-67-70(91-74(79)61-57-53-49-45-40-28-24-20-16-12-8-4)65-85-72(77)59-55-51-47-43-39-27-23-19-15-11-7-3/h9,13-14,18-19,21,23,25-26,30-32,34-35,38,41,48,52,69-71,76H,5-8,10-12,15-17,20,22,24,27-29,33,36-37,39-40,42-47,49-51,53-68H2,1-4H3,(H,81,82)(H,83,84)/b13-9-,18-14-,23-19-,25-21-,30-26-,32-31-,35-34-,41-38-,52-48-. The summed E-state index contributed by atoms with van der Waals surface area (Å²) >= 11 is 0. The lowest BCUT2D eigenvalue weighted by Gasteiger charge is -2.21. The van der Waals surface area contributed by atoms with Crippen LogP contribution in [0.4, 0.5) is 0 Å². The fourth-order valence-electron chi connectivity index (χ4n) is 9.20. The summed E-state index contributed by atoms with van der Waals surface area (Å²) in [4.78, 5) is 72.5. The average molecular weight is 1360 g/mol. The first kappa shape index (κ1) is 89.7. The number of carbonyl (C=O) groups is 4. The summed E-state index contributed by atoms with van der Waals surface area (Å²) in [6.45, 7) is 4.52. The molecule has 0 spiro atoms. The molecule has 5 unspecified atom stereocenters. The maximum absolute atomic E-state index is 13.0. The SMILES string of the molecule is CC/C=C\C/C=C\C/C=C\C/C=C\C/C=C\C/C=C\CCC(=O)OCC(COP(=O)(O)OCC(O)COP(=O)(O)OCC(COC(=O)CCCCCCC/C=C\CCCC)OC(=O)CCCCCCCCCCCCC)OC(=O)CCCCCCC/C=C\C/C=C\CCC. The van der Waals surface area contributed by atoms with Gasteiger partial charge in [0.1, 0.15) is 19.3 Å². The number of allylic oxidation sites excluding steroid dienone is 18. The van der Waals surface area contributed by atoms with E-state index < -0.39 is 97.5 Å². The zero-order valence-corrected chi connectivity index (χ0v) is 60.4. The molecule has 17 nitrogen and oxygen atoms in total. The number of aliphatic hydroxyl groups excluding tert-OH is 1. The third kappa shape index (κ3) is 66.3. The molecule has 0 saturated heterocycles. The van der Waals surface area contributed by atoms with E-state index in [2.05, 4.69) is 119 Å². The van der Waals surface area contributed by atoms with Crippen molar-refractivity contribution in [3.8, 4) is 0 Å². The fraction of sp³-hybridized carbons (Fsp3) is 0.707. The Morgan fingerprint density at radius 3 is 1.00 bits per heavy atom. The van der Waals surface area contributed by atoms with Crippen LogP contribution in [-0.2, 0) is 65.4 Å². The first-order valence-corrected chi connectivity index (χ1v) is 39.1. The molecule has 0 rings (SSSR count). The molecule has 540 valence electrons. The lowest BCUT2D eigenvalue weighted by molar-refractivity contribution is -0.161. The number of esters is 4. The third-order valence-corrected chi connectivity index (χ3v) is 16.6. The number of unbranched alkanes of at least 4 members (excludes halogenated alkanes) is 23. The smallest absolute Gasteiger partial charge is 0.462 e. The van der Waals surface area contributed by atoms with Crippen LogP contribution >= 0.6 is 15.6 Å². The van der Waals surface area contributed by atoms with Crippen molar-refractivity contribution in [3.63, 3.8) is 0 Å². The molecular weight excluding hydrogens is 1230 g/mol. The van der Waals surface area contributed by atoms with Gasteiger partial charge >= 0.3 is 39.5 Å². The number of carbonyl (C=O) groups excluding carboxylic acids is 4. The van der Waals surface area contributed by atoms with Crippen molar-refractivity contribution >= 4 is 39.5 Å². The van der Waals surface area contributed by atoms with Gasteiger partial charge in [-0.3, -0.25) is 37.3 Å². The number of hydrogen-bond donors (Lipinski definition) is 3. The summed E-state index contributed by atoms with van der Waals surface area (Å²) in [6.07, 6.45) is 69.8. The van der Waals surface area contributed by atoms with E-state index >= 15 is 0 Å². The van der Waals surface area contributed by atoms with Crippen LogP contribution in [0.1, 0.15) is 285 Å². The zero-order valence-electron chi connectivity index (χ0n) is 58.6. The highest BCUT2D eigenvalue weighted by Crippen LogP contribution is 2.45. The normalized spacial score (nSPS) is 14.7. The number of aliphatic hydroxyl groups is 1. The summed E-state index contributed by atoms with van der Waals surface area (Å²) in [7, 11) is -9.96. The lowest BCUT2D eigenvalue weighted by Crippen LogP contribution is -2.30. The summed E-state index contributed by atoms with van der Waals surface area (Å²) in [5.41, 5.74) is 0. The molecule has 94 heavy (non-hydrogen) atoms. The minimum absolute atomic E-state index is 0.0319. The molecule has 0 fully saturated rings. The molecule has 0 radical (unpaired) electrons. The van der Waals surface area contributed by atoms with E-state index in [1.54, 1.807) is 0 Å². The molecule has 19 heteroatoms. The monoisotopic (exact) mass is 1360 g/mol. The predicted molar refractivity (Wildman–Crippen MR) is 381 cm³/mol. The van der Waals surface area contributed by atoms with Crippen LogP contribution < -0.4 is 0 Å². The second-order valence-corrected chi connectivity index (χ2v) is 26.7. The molecular formula is C75H128O17P2. The van der Waals surface area contributed by atoms with Gasteiger partial charge in [0, 0.05) is 25.7 Å². The minimum Gasteiger partial charge on any atom is -0.462 e. The van der Waals surface area contributed by atoms with E-state index in [-0.39, 0.29) is 25.7 Å². The highest BCUT2D eigenvalue weighted by Gasteiger charge is 2.30. The van der Waals surface area contributed by atoms with Crippen molar-refractivity contribution in [1.29, 1.82) is 0 Å². The van der Waals surface area contributed by atoms with Crippen LogP contribution in [0.2, 0.25) is 0 Å². The number of phosphoric acid groups is 2. The third-order valence-electron chi connectivity index (χ3n) is 14.7. The Hall–Kier alpha value is -4.28. The highest BCUT2D eigenvalue weighted by atomic mass is 31.2. The van der Waals surface area contributed by atoms with Crippen LogP contribution in [0.25, 0.3) is 0 Å². The predicted octanol–water partition coefficient (Wildman–Crippen LogP) is 20.2. The molecule has 0 amide bonds. The van der Waals surface area contributed by atoms with Gasteiger partial charge in [-0.15, -0.1) is 0 Å². The van der Waals surface area contributed by atoms with Crippen LogP contribution in [-0.4, -0.2) is 96.7 Å². The Bertz CT molecular complexity index is 2220. The molecule has 0 heterocycles. The van der Waals surface area contributed by atoms with E-state index in [1.807, 2.05) is 18.2 Å². The topological polar surface area (TPSA) is 237 Å². The Morgan fingerprint density at radius 2 is 0.606 bits per heavy atom. The van der Waals surface area contributed by atoms with E-state index in [1.165, 1.54) is 51.4 Å². The van der Waals surface area contributed by atoms with Crippen molar-refractivity contribution in [3.05, 3.63) is 109 Å². The molecule has 0 bridgehead atoms. The first-order chi connectivity index (χ1) is 45.7. The van der Waals surface area contributed by atoms with Crippen molar-refractivity contribution in [2.24, 2.45) is 0 Å². The second-order valence-electron chi connectivity index (χ2n) is 23.8. The fourth-order valence-corrected chi connectivity index (χ4v) is 10.8. The maximum Gasteiger partial charge on any atom is 0.472 e. The van der Waals surface area contributed by atoms with Crippen molar-refractivity contribution in [2.45, 2.75) is 303 Å². The van der Waals surface area contributed by atoms with Crippen LogP contribution in [0.3, 0.4) is 0 Å². The van der Waals surface area contributed by atoms with Gasteiger partial charge in [0.15, 0.2) is 12.2 Å². The van der Waals surface area contributed by atoms with Gasteiger partial charge in [0.25, 0.3) is 0 Å². The molecule has 0 aliphatic rings. The van der Waals surface area contributed by atoms with Gasteiger partial charge in [0.05, 0.1) is 26.4 Å². The first-order valence-electron chi connectivity index (χ1n) is 36.1. The molecule has 0 aliphatic carbocycles. The highest BCUT2D eigenvalue weighted by molar-refractivity contribution is 7.47. The van der Waals surface area contributed by atoms with Gasteiger partial charge in [-0.2, -0.15) is 0 Å². The van der Waals surface area contributed by atoms with E-state index in [4.69, 9.17) is 37.0 Å². The average Bonchev–Trinajstić information content (AvgIpc) is 1.73. The largest absolute Gasteiger partial charge is 0.472 e. The summed E-state index contributed by atoms with van der Waals surface area (Å²) in [5, 5.41) is 10.6. The molecule has 3 N–H and O–H groups in total. The van der Waals surface area contributed by atoms with Gasteiger partial charge in [-0.1, -0.05) is 259 Å². The molecule has 0 aromatic heterocycles. The Labute approximate surface area is 569 Å². The summed E-state index contributed by atoms with van der Waals surface area (Å²) in [5.74, 6) is -2.30. The number of ether oxygens (including phenoxy) is 4. The molecule has 5 atom stereocenters. The van der Waals surface area contributed by atoms with E-state index in [0.717, 1.165) is 148 Å². The van der Waals surface area contributed by atoms with Gasteiger partial charge in [-0.25, -0.2) is 9.13 Å². The van der Waals surface area contributed by atoms with E-state index in [9.17, 15) is 43.2 Å². The summed E-state index contributed by atoms with van der Waals surface area (Å²) in [6, 6.07) is 0. The quantitative estimate of drug-likeness (QED) is 0.0169. The number of hydrogen-bond acceptors (Lipinski definition) is 15. The second kappa shape index (κ2) is 67.3. The minimum atomic E-state index is -4.99. The zero-order chi connectivity index (χ0) is 69.0.